The Labute approximate surface area is 188 Å². The molecule has 0 radical (unpaired) electrons. The van der Waals surface area contributed by atoms with Crippen molar-refractivity contribution in [2.75, 3.05) is 39.0 Å². The van der Waals surface area contributed by atoms with E-state index < -0.39 is 10.0 Å². The van der Waals surface area contributed by atoms with Crippen LogP contribution in [0.5, 0.6) is 0 Å². The minimum atomic E-state index is -3.29. The number of fused-ring (bicyclic) bond motifs is 4. The standard InChI is InChI=1S/C20H30N4O4S.CH2O2/c1-29(27,28)21-7-6-19(25)23-11-15-10-17(14-23)18-5-4-16(20(26)24(18)12-15)13-22-8-2-3-9-22;2-1-3/h4-5,15,17,21H,2-3,6-14H2,1H3;1H,(H,2,3)/t15-,17+;/m0./s1. The predicted molar refractivity (Wildman–Crippen MR) is 119 cm³/mol. The average molecular weight is 469 g/mol. The Bertz CT molecular complexity index is 986. The van der Waals surface area contributed by atoms with Crippen molar-refractivity contribution in [2.45, 2.75) is 44.7 Å². The molecule has 1 aromatic rings. The SMILES string of the molecule is CS(=O)(=O)NCCC(=O)N1C[C@@H]2C[C@H](C1)c1ccc(CN3CCCC3)c(=O)n1C2.O=CO. The number of pyridine rings is 1. The van der Waals surface area contributed by atoms with Crippen LogP contribution in [0, 0.1) is 5.92 Å². The number of likely N-dealkylation sites (tertiary alicyclic amines) is 2. The maximum Gasteiger partial charge on any atom is 0.290 e. The van der Waals surface area contributed by atoms with E-state index in [4.69, 9.17) is 9.90 Å². The quantitative estimate of drug-likeness (QED) is 0.564. The molecule has 10 nitrogen and oxygen atoms in total. The number of nitrogens with zero attached hydrogens (tertiary/aromatic N) is 3. The van der Waals surface area contributed by atoms with Gasteiger partial charge in [0.2, 0.25) is 15.9 Å². The minimum absolute atomic E-state index is 0.0303. The maximum atomic E-state index is 13.1. The summed E-state index contributed by atoms with van der Waals surface area (Å²) in [6.07, 6.45) is 4.67. The first-order valence-electron chi connectivity index (χ1n) is 11.0. The van der Waals surface area contributed by atoms with Crippen molar-refractivity contribution in [3.63, 3.8) is 0 Å². The molecule has 4 heterocycles. The molecule has 0 aliphatic carbocycles. The van der Waals surface area contributed by atoms with Crippen molar-refractivity contribution >= 4 is 22.4 Å². The number of sulfonamides is 1. The normalized spacial score (nSPS) is 22.6. The summed E-state index contributed by atoms with van der Waals surface area (Å²) in [5.74, 6) is 0.410. The zero-order chi connectivity index (χ0) is 23.3. The van der Waals surface area contributed by atoms with Crippen molar-refractivity contribution in [1.29, 1.82) is 0 Å². The van der Waals surface area contributed by atoms with E-state index in [-0.39, 0.29) is 42.7 Å². The molecule has 0 unspecified atom stereocenters. The average Bonchev–Trinajstić information content (AvgIpc) is 3.23. The summed E-state index contributed by atoms with van der Waals surface area (Å²) in [5, 5.41) is 6.89. The Morgan fingerprint density at radius 1 is 1.22 bits per heavy atom. The Balaban J connectivity index is 0.000000913. The highest BCUT2D eigenvalue weighted by Crippen LogP contribution is 2.35. The monoisotopic (exact) mass is 468 g/mol. The minimum Gasteiger partial charge on any atom is -0.483 e. The van der Waals surface area contributed by atoms with E-state index in [1.54, 1.807) is 0 Å². The molecule has 2 saturated heterocycles. The molecule has 1 aromatic heterocycles. The Kier molecular flexibility index (Phi) is 8.07. The van der Waals surface area contributed by atoms with Crippen molar-refractivity contribution in [3.8, 4) is 0 Å². The van der Waals surface area contributed by atoms with E-state index in [0.29, 0.717) is 19.6 Å². The summed E-state index contributed by atoms with van der Waals surface area (Å²) in [7, 11) is -3.29. The third-order valence-electron chi connectivity index (χ3n) is 6.33. The second kappa shape index (κ2) is 10.6. The van der Waals surface area contributed by atoms with E-state index in [1.165, 1.54) is 12.8 Å². The number of carbonyl (C=O) groups is 2. The predicted octanol–water partition coefficient (Wildman–Crippen LogP) is 0.0299. The van der Waals surface area contributed by atoms with E-state index in [0.717, 1.165) is 43.6 Å². The first kappa shape index (κ1) is 24.4. The Morgan fingerprint density at radius 2 is 1.91 bits per heavy atom. The van der Waals surface area contributed by atoms with Gasteiger partial charge in [-0.05, 0) is 44.3 Å². The van der Waals surface area contributed by atoms with Gasteiger partial charge in [-0.2, -0.15) is 0 Å². The number of amides is 1. The van der Waals surface area contributed by atoms with Crippen molar-refractivity contribution in [2.24, 2.45) is 5.92 Å². The van der Waals surface area contributed by atoms with Gasteiger partial charge >= 0.3 is 0 Å². The van der Waals surface area contributed by atoms with E-state index in [2.05, 4.69) is 15.7 Å². The van der Waals surface area contributed by atoms with Crippen LogP contribution in [-0.4, -0.2) is 79.3 Å². The van der Waals surface area contributed by atoms with Crippen molar-refractivity contribution < 1.29 is 23.1 Å². The molecule has 3 aliphatic rings. The summed E-state index contributed by atoms with van der Waals surface area (Å²) in [6, 6.07) is 4.05. The third kappa shape index (κ3) is 6.17. The molecule has 2 bridgehead atoms. The summed E-state index contributed by atoms with van der Waals surface area (Å²) in [5.41, 5.74) is 2.03. The molecular formula is C21H32N4O6S. The number of hydrogen-bond donors (Lipinski definition) is 2. The molecule has 32 heavy (non-hydrogen) atoms. The van der Waals surface area contributed by atoms with Gasteiger partial charge in [-0.3, -0.25) is 19.3 Å². The topological polar surface area (TPSA) is 129 Å². The number of carbonyl (C=O) groups excluding carboxylic acids is 1. The van der Waals surface area contributed by atoms with Crippen LogP contribution in [0.15, 0.2) is 16.9 Å². The summed E-state index contributed by atoms with van der Waals surface area (Å²) < 4.78 is 26.7. The fourth-order valence-corrected chi connectivity index (χ4v) is 5.47. The molecule has 1 amide bonds. The largest absolute Gasteiger partial charge is 0.483 e. The second-order valence-electron chi connectivity index (χ2n) is 8.80. The molecule has 2 atom stereocenters. The molecule has 2 fully saturated rings. The summed E-state index contributed by atoms with van der Waals surface area (Å²) in [4.78, 5) is 38.2. The van der Waals surface area contributed by atoms with Gasteiger partial charge in [0.25, 0.3) is 12.0 Å². The second-order valence-corrected chi connectivity index (χ2v) is 10.6. The smallest absolute Gasteiger partial charge is 0.290 e. The van der Waals surface area contributed by atoms with Crippen molar-refractivity contribution in [3.05, 3.63) is 33.7 Å². The lowest BCUT2D eigenvalue weighted by Gasteiger charge is -2.43. The van der Waals surface area contributed by atoms with Gasteiger partial charge in [-0.25, -0.2) is 13.1 Å². The molecule has 0 aromatic carbocycles. The van der Waals surface area contributed by atoms with Gasteiger partial charge in [-0.1, -0.05) is 6.07 Å². The molecule has 3 aliphatic heterocycles. The number of hydrogen-bond acceptors (Lipinski definition) is 6. The van der Waals surface area contributed by atoms with Gasteiger partial charge in [0.15, 0.2) is 0 Å². The third-order valence-corrected chi connectivity index (χ3v) is 7.06. The highest BCUT2D eigenvalue weighted by atomic mass is 32.2. The van der Waals surface area contributed by atoms with Gasteiger partial charge in [-0.15, -0.1) is 0 Å². The van der Waals surface area contributed by atoms with Gasteiger partial charge in [0.05, 0.1) is 6.26 Å². The van der Waals surface area contributed by atoms with Crippen LogP contribution < -0.4 is 10.3 Å². The maximum absolute atomic E-state index is 13.1. The lowest BCUT2D eigenvalue weighted by atomic mass is 9.83. The van der Waals surface area contributed by atoms with E-state index in [9.17, 15) is 18.0 Å². The zero-order valence-corrected chi connectivity index (χ0v) is 19.2. The van der Waals surface area contributed by atoms with E-state index >= 15 is 0 Å². The number of nitrogens with one attached hydrogen (secondary N) is 1. The van der Waals surface area contributed by atoms with Crippen LogP contribution in [0.3, 0.4) is 0 Å². The van der Waals surface area contributed by atoms with Gasteiger partial charge < -0.3 is 14.6 Å². The number of aromatic nitrogens is 1. The molecule has 4 rings (SSSR count). The lowest BCUT2D eigenvalue weighted by Crippen LogP contribution is -2.50. The first-order valence-corrected chi connectivity index (χ1v) is 12.9. The van der Waals surface area contributed by atoms with Crippen molar-refractivity contribution in [1.82, 2.24) is 19.1 Å². The lowest BCUT2D eigenvalue weighted by molar-refractivity contribution is -0.133. The molecular weight excluding hydrogens is 436 g/mol. The van der Waals surface area contributed by atoms with Crippen LogP contribution in [-0.2, 0) is 32.7 Å². The fraction of sp³-hybridized carbons (Fsp3) is 0.667. The highest BCUT2D eigenvalue weighted by Gasteiger charge is 2.36. The summed E-state index contributed by atoms with van der Waals surface area (Å²) in [6.45, 7) is 4.63. The first-order chi connectivity index (χ1) is 15.2. The van der Waals surface area contributed by atoms with Crippen LogP contribution in [0.4, 0.5) is 0 Å². The molecule has 0 spiro atoms. The highest BCUT2D eigenvalue weighted by molar-refractivity contribution is 7.88. The van der Waals surface area contributed by atoms with E-state index in [1.807, 2.05) is 15.5 Å². The molecule has 178 valence electrons. The Hall–Kier alpha value is -2.24. The summed E-state index contributed by atoms with van der Waals surface area (Å²) >= 11 is 0. The fourth-order valence-electron chi connectivity index (χ4n) is 5.00. The zero-order valence-electron chi connectivity index (χ0n) is 18.4. The van der Waals surface area contributed by atoms with Crippen LogP contribution in [0.25, 0.3) is 0 Å². The molecule has 2 N–H and O–H groups in total. The number of piperidine rings is 1. The molecule has 11 heteroatoms. The number of rotatable bonds is 6. The van der Waals surface area contributed by atoms with Gasteiger partial charge in [0, 0.05) is 56.3 Å². The van der Waals surface area contributed by atoms with Gasteiger partial charge in [0.1, 0.15) is 0 Å². The van der Waals surface area contributed by atoms with Crippen LogP contribution >= 0.6 is 0 Å². The Morgan fingerprint density at radius 3 is 2.56 bits per heavy atom. The van der Waals surface area contributed by atoms with Crippen LogP contribution in [0.2, 0.25) is 0 Å². The van der Waals surface area contributed by atoms with Crippen LogP contribution in [0.1, 0.15) is 42.9 Å². The molecule has 0 saturated carbocycles. The number of carboxylic acid groups (broad SMARTS) is 1.